The van der Waals surface area contributed by atoms with Gasteiger partial charge in [-0.2, -0.15) is 5.10 Å². The maximum Gasteiger partial charge on any atom is 0.149 e. The predicted octanol–water partition coefficient (Wildman–Crippen LogP) is 1.58. The largest absolute Gasteiger partial charge is 0.394 e. The van der Waals surface area contributed by atoms with Crippen LogP contribution in [-0.4, -0.2) is 23.9 Å². The molecule has 0 saturated carbocycles. The van der Waals surface area contributed by atoms with Gasteiger partial charge in [0.2, 0.25) is 0 Å². The van der Waals surface area contributed by atoms with Crippen LogP contribution in [0.3, 0.4) is 0 Å². The van der Waals surface area contributed by atoms with E-state index in [1.807, 2.05) is 23.7 Å². The average molecular weight is 196 g/mol. The molecule has 1 aromatic rings. The zero-order valence-corrected chi connectivity index (χ0v) is 9.49. The Morgan fingerprint density at radius 1 is 1.50 bits per heavy atom. The maximum atomic E-state index is 5.82. The summed E-state index contributed by atoms with van der Waals surface area (Å²) in [4.78, 5) is 2.00. The molecule has 0 unspecified atom stereocenters. The Balaban J connectivity index is 2.76. The summed E-state index contributed by atoms with van der Waals surface area (Å²) in [6.45, 7) is 5.35. The normalized spacial score (nSPS) is 10.9. The van der Waals surface area contributed by atoms with Crippen LogP contribution < -0.4 is 10.6 Å². The minimum absolute atomic E-state index is 0.690. The van der Waals surface area contributed by atoms with Gasteiger partial charge in [0.05, 0.1) is 11.9 Å². The summed E-state index contributed by atoms with van der Waals surface area (Å²) in [5.74, 6) is 1.70. The van der Waals surface area contributed by atoms with Crippen molar-refractivity contribution in [1.29, 1.82) is 0 Å². The summed E-state index contributed by atoms with van der Waals surface area (Å²) in [7, 11) is 3.97. The van der Waals surface area contributed by atoms with E-state index in [1.54, 1.807) is 6.20 Å². The molecule has 0 fully saturated rings. The highest BCUT2D eigenvalue weighted by atomic mass is 15.4. The number of rotatable bonds is 4. The zero-order chi connectivity index (χ0) is 10.7. The predicted molar refractivity (Wildman–Crippen MR) is 60.4 cm³/mol. The smallest absolute Gasteiger partial charge is 0.149 e. The molecule has 14 heavy (non-hydrogen) atoms. The van der Waals surface area contributed by atoms with Gasteiger partial charge in [-0.3, -0.25) is 0 Å². The van der Waals surface area contributed by atoms with Crippen molar-refractivity contribution in [3.8, 4) is 0 Å². The van der Waals surface area contributed by atoms with Crippen molar-refractivity contribution in [3.05, 3.63) is 6.20 Å². The van der Waals surface area contributed by atoms with Crippen molar-refractivity contribution in [1.82, 2.24) is 9.78 Å². The van der Waals surface area contributed by atoms with Crippen molar-refractivity contribution in [3.63, 3.8) is 0 Å². The van der Waals surface area contributed by atoms with Crippen molar-refractivity contribution in [2.75, 3.05) is 24.7 Å². The molecule has 0 amide bonds. The summed E-state index contributed by atoms with van der Waals surface area (Å²) in [5.41, 5.74) is 6.57. The van der Waals surface area contributed by atoms with E-state index >= 15 is 0 Å². The third kappa shape index (κ3) is 2.40. The number of aromatic nitrogens is 2. The molecule has 80 valence electrons. The number of nitrogens with zero attached hydrogens (tertiary/aromatic N) is 3. The molecule has 0 saturated heterocycles. The number of hydrogen-bond donors (Lipinski definition) is 1. The lowest BCUT2D eigenvalue weighted by Gasteiger charge is -2.16. The standard InChI is InChI=1S/C10H20N4/c1-8(2)5-6-14-10(13(3)4)9(11)7-12-14/h7-8H,5-6,11H2,1-4H3. The minimum Gasteiger partial charge on any atom is -0.394 e. The molecule has 0 radical (unpaired) electrons. The van der Waals surface area contributed by atoms with Crippen LogP contribution in [0.1, 0.15) is 20.3 Å². The fourth-order valence-corrected chi connectivity index (χ4v) is 1.43. The monoisotopic (exact) mass is 196 g/mol. The third-order valence-electron chi connectivity index (χ3n) is 2.18. The van der Waals surface area contributed by atoms with E-state index in [2.05, 4.69) is 18.9 Å². The second-order valence-corrected chi connectivity index (χ2v) is 4.22. The summed E-state index contributed by atoms with van der Waals surface area (Å²) >= 11 is 0. The summed E-state index contributed by atoms with van der Waals surface area (Å²) in [6.07, 6.45) is 2.84. The fraction of sp³-hybridized carbons (Fsp3) is 0.700. The number of anilines is 2. The van der Waals surface area contributed by atoms with Crippen LogP contribution in [0.2, 0.25) is 0 Å². The van der Waals surface area contributed by atoms with E-state index in [1.165, 1.54) is 0 Å². The van der Waals surface area contributed by atoms with E-state index in [0.29, 0.717) is 5.92 Å². The van der Waals surface area contributed by atoms with Crippen molar-refractivity contribution in [2.24, 2.45) is 5.92 Å². The van der Waals surface area contributed by atoms with Crippen molar-refractivity contribution in [2.45, 2.75) is 26.8 Å². The van der Waals surface area contributed by atoms with Crippen LogP contribution in [0.25, 0.3) is 0 Å². The molecule has 2 N–H and O–H groups in total. The van der Waals surface area contributed by atoms with Gasteiger partial charge in [-0.25, -0.2) is 4.68 Å². The molecular weight excluding hydrogens is 176 g/mol. The first kappa shape index (κ1) is 10.9. The molecule has 0 aromatic carbocycles. The van der Waals surface area contributed by atoms with Crippen LogP contribution in [-0.2, 0) is 6.54 Å². The van der Waals surface area contributed by atoms with Crippen LogP contribution >= 0.6 is 0 Å². The van der Waals surface area contributed by atoms with E-state index in [9.17, 15) is 0 Å². The Kier molecular flexibility index (Phi) is 3.38. The first-order valence-electron chi connectivity index (χ1n) is 5.01. The molecule has 0 aliphatic carbocycles. The molecule has 1 aromatic heterocycles. The van der Waals surface area contributed by atoms with Gasteiger partial charge in [-0.15, -0.1) is 0 Å². The molecule has 4 nitrogen and oxygen atoms in total. The van der Waals surface area contributed by atoms with E-state index in [4.69, 9.17) is 5.73 Å². The van der Waals surface area contributed by atoms with Crippen molar-refractivity contribution < 1.29 is 0 Å². The lowest BCUT2D eigenvalue weighted by molar-refractivity contribution is 0.488. The van der Waals surface area contributed by atoms with Crippen LogP contribution in [0, 0.1) is 5.92 Å². The molecule has 0 aliphatic rings. The number of aryl methyl sites for hydroxylation is 1. The molecule has 1 rings (SSSR count). The summed E-state index contributed by atoms with van der Waals surface area (Å²) < 4.78 is 1.97. The number of hydrogen-bond acceptors (Lipinski definition) is 3. The van der Waals surface area contributed by atoms with Gasteiger partial charge in [0.25, 0.3) is 0 Å². The van der Waals surface area contributed by atoms with E-state index in [-0.39, 0.29) is 0 Å². The highest BCUT2D eigenvalue weighted by Gasteiger charge is 2.09. The molecule has 0 spiro atoms. The molecule has 4 heteroatoms. The highest BCUT2D eigenvalue weighted by Crippen LogP contribution is 2.21. The van der Waals surface area contributed by atoms with Gasteiger partial charge < -0.3 is 10.6 Å². The SMILES string of the molecule is CC(C)CCn1ncc(N)c1N(C)C. The second-order valence-electron chi connectivity index (χ2n) is 4.22. The Hall–Kier alpha value is -1.19. The maximum absolute atomic E-state index is 5.82. The number of nitrogen functional groups attached to an aromatic ring is 1. The lowest BCUT2D eigenvalue weighted by atomic mass is 10.1. The van der Waals surface area contributed by atoms with Crippen LogP contribution in [0.4, 0.5) is 11.5 Å². The van der Waals surface area contributed by atoms with Gasteiger partial charge in [0.1, 0.15) is 5.82 Å². The Bertz CT molecular complexity index is 288. The molecule has 0 aliphatic heterocycles. The minimum atomic E-state index is 0.690. The van der Waals surface area contributed by atoms with E-state index in [0.717, 1.165) is 24.5 Å². The zero-order valence-electron chi connectivity index (χ0n) is 9.49. The quantitative estimate of drug-likeness (QED) is 0.795. The number of nitrogens with two attached hydrogens (primary N) is 1. The highest BCUT2D eigenvalue weighted by molar-refractivity contribution is 5.61. The third-order valence-corrected chi connectivity index (χ3v) is 2.18. The van der Waals surface area contributed by atoms with Gasteiger partial charge >= 0.3 is 0 Å². The van der Waals surface area contributed by atoms with Gasteiger partial charge in [-0.05, 0) is 12.3 Å². The first-order chi connectivity index (χ1) is 6.52. The van der Waals surface area contributed by atoms with Crippen LogP contribution in [0.15, 0.2) is 6.20 Å². The van der Waals surface area contributed by atoms with Gasteiger partial charge in [0, 0.05) is 20.6 Å². The van der Waals surface area contributed by atoms with Crippen LogP contribution in [0.5, 0.6) is 0 Å². The second kappa shape index (κ2) is 4.35. The summed E-state index contributed by atoms with van der Waals surface area (Å²) in [6, 6.07) is 0. The Morgan fingerprint density at radius 3 is 2.64 bits per heavy atom. The Labute approximate surface area is 85.7 Å². The topological polar surface area (TPSA) is 47.1 Å². The molecule has 0 atom stereocenters. The molecule has 0 bridgehead atoms. The van der Waals surface area contributed by atoms with E-state index < -0.39 is 0 Å². The van der Waals surface area contributed by atoms with Crippen molar-refractivity contribution >= 4 is 11.5 Å². The van der Waals surface area contributed by atoms with Gasteiger partial charge in [0.15, 0.2) is 0 Å². The lowest BCUT2D eigenvalue weighted by Crippen LogP contribution is -2.17. The Morgan fingerprint density at radius 2 is 2.14 bits per heavy atom. The average Bonchev–Trinajstić information content (AvgIpc) is 2.43. The fourth-order valence-electron chi connectivity index (χ4n) is 1.43. The molecule has 1 heterocycles. The molecular formula is C10H20N4. The summed E-state index contributed by atoms with van der Waals surface area (Å²) in [5, 5.41) is 4.26. The van der Waals surface area contributed by atoms with Gasteiger partial charge in [-0.1, -0.05) is 13.8 Å². The first-order valence-corrected chi connectivity index (χ1v) is 5.01.